The molecule has 3 aliphatic rings. The molecule has 11 heteroatoms. The van der Waals surface area contributed by atoms with E-state index >= 15 is 0 Å². The van der Waals surface area contributed by atoms with Crippen molar-refractivity contribution in [1.29, 1.82) is 0 Å². The molecule has 0 unspecified atom stereocenters. The highest BCUT2D eigenvalue weighted by molar-refractivity contribution is 5.81. The number of carbonyl (C=O) groups excluding carboxylic acids is 1. The molecule has 172 valence electrons. The zero-order chi connectivity index (χ0) is 22.8. The maximum atomic E-state index is 13.4. The van der Waals surface area contributed by atoms with E-state index in [2.05, 4.69) is 10.2 Å². The molecule has 0 bridgehead atoms. The maximum Gasteiger partial charge on any atom is 0.490 e. The number of carbonyl (C=O) groups is 2. The lowest BCUT2D eigenvalue weighted by Crippen LogP contribution is -2.48. The second kappa shape index (κ2) is 9.47. The number of benzene rings is 1. The van der Waals surface area contributed by atoms with Crippen LogP contribution in [0.3, 0.4) is 0 Å². The minimum absolute atomic E-state index is 0.0232. The van der Waals surface area contributed by atoms with Crippen LogP contribution in [-0.4, -0.2) is 58.9 Å². The first-order valence-corrected chi connectivity index (χ1v) is 9.98. The van der Waals surface area contributed by atoms with Crippen molar-refractivity contribution in [3.8, 4) is 0 Å². The van der Waals surface area contributed by atoms with Crippen LogP contribution in [0.4, 0.5) is 22.0 Å². The molecule has 1 aliphatic carbocycles. The predicted octanol–water partition coefficient (Wildman–Crippen LogP) is 3.00. The van der Waals surface area contributed by atoms with Gasteiger partial charge in [0.25, 0.3) is 0 Å². The first kappa shape index (κ1) is 23.4. The number of aliphatic carboxylic acids is 1. The summed E-state index contributed by atoms with van der Waals surface area (Å²) in [7, 11) is 0. The summed E-state index contributed by atoms with van der Waals surface area (Å²) in [6, 6.07) is 4.67. The van der Waals surface area contributed by atoms with Crippen molar-refractivity contribution < 1.29 is 41.4 Å². The highest BCUT2D eigenvalue weighted by Crippen LogP contribution is 2.33. The molecule has 0 spiro atoms. The van der Waals surface area contributed by atoms with Gasteiger partial charge in [-0.25, -0.2) is 13.6 Å². The van der Waals surface area contributed by atoms with E-state index in [4.69, 9.17) is 14.6 Å². The minimum atomic E-state index is -5.08. The SMILES string of the molecule is O=C(NC1CC1)[C@H]1CC[C@@H]2[C@@H](CCN2Cc2ccc(F)c(F)c2)O1.O=C(O)C(F)(F)F. The quantitative estimate of drug-likeness (QED) is 0.690. The van der Waals surface area contributed by atoms with Gasteiger partial charge in [-0.15, -0.1) is 0 Å². The average Bonchev–Trinajstić information content (AvgIpc) is 3.43. The van der Waals surface area contributed by atoms with Crippen molar-refractivity contribution in [1.82, 2.24) is 10.2 Å². The number of carboxylic acids is 1. The van der Waals surface area contributed by atoms with E-state index in [0.29, 0.717) is 19.0 Å². The number of nitrogens with zero attached hydrogens (tertiary/aromatic N) is 1. The normalized spacial score (nSPS) is 25.9. The Balaban J connectivity index is 0.000000339. The van der Waals surface area contributed by atoms with Gasteiger partial charge in [0, 0.05) is 25.2 Å². The van der Waals surface area contributed by atoms with Gasteiger partial charge in [0.05, 0.1) is 6.10 Å². The van der Waals surface area contributed by atoms with E-state index in [1.54, 1.807) is 6.07 Å². The van der Waals surface area contributed by atoms with Crippen LogP contribution in [0, 0.1) is 11.6 Å². The molecule has 2 heterocycles. The summed E-state index contributed by atoms with van der Waals surface area (Å²) in [4.78, 5) is 23.3. The van der Waals surface area contributed by atoms with Crippen LogP contribution in [0.15, 0.2) is 18.2 Å². The van der Waals surface area contributed by atoms with Crippen molar-refractivity contribution in [2.24, 2.45) is 0 Å². The third-order valence-corrected chi connectivity index (χ3v) is 5.49. The van der Waals surface area contributed by atoms with E-state index < -0.39 is 23.8 Å². The zero-order valence-corrected chi connectivity index (χ0v) is 16.5. The third kappa shape index (κ3) is 6.36. The summed E-state index contributed by atoms with van der Waals surface area (Å²) in [5.41, 5.74) is 0.767. The fourth-order valence-electron chi connectivity index (χ4n) is 3.80. The van der Waals surface area contributed by atoms with Crippen molar-refractivity contribution in [2.75, 3.05) is 6.54 Å². The van der Waals surface area contributed by atoms with E-state index in [1.165, 1.54) is 12.1 Å². The number of ether oxygens (including phenoxy) is 1. The van der Waals surface area contributed by atoms with Crippen LogP contribution in [0.5, 0.6) is 0 Å². The number of likely N-dealkylation sites (tertiary alicyclic amines) is 1. The highest BCUT2D eigenvalue weighted by Gasteiger charge is 2.42. The molecule has 31 heavy (non-hydrogen) atoms. The van der Waals surface area contributed by atoms with Crippen LogP contribution >= 0.6 is 0 Å². The lowest BCUT2D eigenvalue weighted by molar-refractivity contribution is -0.192. The van der Waals surface area contributed by atoms with Gasteiger partial charge >= 0.3 is 12.1 Å². The second-order valence-electron chi connectivity index (χ2n) is 7.90. The van der Waals surface area contributed by atoms with E-state index in [9.17, 15) is 26.7 Å². The van der Waals surface area contributed by atoms with Gasteiger partial charge in [0.1, 0.15) is 6.10 Å². The number of hydrogen-bond donors (Lipinski definition) is 2. The number of alkyl halides is 3. The van der Waals surface area contributed by atoms with Crippen LogP contribution in [-0.2, 0) is 20.9 Å². The molecule has 3 atom stereocenters. The van der Waals surface area contributed by atoms with Gasteiger partial charge in [-0.05, 0) is 49.8 Å². The van der Waals surface area contributed by atoms with Gasteiger partial charge in [0.2, 0.25) is 5.91 Å². The lowest BCUT2D eigenvalue weighted by atomic mass is 9.98. The number of amides is 1. The molecule has 0 radical (unpaired) electrons. The summed E-state index contributed by atoms with van der Waals surface area (Å²) < 4.78 is 64.2. The van der Waals surface area contributed by atoms with Crippen molar-refractivity contribution in [2.45, 2.75) is 69.1 Å². The lowest BCUT2D eigenvalue weighted by Gasteiger charge is -2.35. The molecule has 0 aromatic heterocycles. The van der Waals surface area contributed by atoms with Gasteiger partial charge in [-0.3, -0.25) is 9.69 Å². The number of rotatable bonds is 4. The standard InChI is InChI=1S/C18H22F2N2O2.C2HF3O2/c19-13-4-1-11(9-14(13)20)10-22-8-7-16-15(22)5-6-17(24-16)18(23)21-12-2-3-12;3-2(4,5)1(6)7/h1,4,9,12,15-17H,2-3,5-8,10H2,(H,21,23);(H,6,7)/t15-,16-,17-;/m1./s1. The van der Waals surface area contributed by atoms with Crippen LogP contribution in [0.25, 0.3) is 0 Å². The Labute approximate surface area is 175 Å². The Hall–Kier alpha value is -2.27. The fraction of sp³-hybridized carbons (Fsp3) is 0.600. The van der Waals surface area contributed by atoms with Gasteiger partial charge in [-0.1, -0.05) is 6.07 Å². The Bertz CT molecular complexity index is 815. The molecule has 2 N–H and O–H groups in total. The van der Waals surface area contributed by atoms with Crippen molar-refractivity contribution >= 4 is 11.9 Å². The molecular formula is C20H23F5N2O4. The Morgan fingerprint density at radius 3 is 2.35 bits per heavy atom. The third-order valence-electron chi connectivity index (χ3n) is 5.49. The number of hydrogen-bond acceptors (Lipinski definition) is 4. The molecule has 1 aromatic carbocycles. The molecular weight excluding hydrogens is 427 g/mol. The van der Waals surface area contributed by atoms with Crippen molar-refractivity contribution in [3.05, 3.63) is 35.4 Å². The summed E-state index contributed by atoms with van der Waals surface area (Å²) in [6.07, 6.45) is -0.722. The minimum Gasteiger partial charge on any atom is -0.475 e. The Morgan fingerprint density at radius 1 is 1.10 bits per heavy atom. The van der Waals surface area contributed by atoms with Gasteiger partial charge < -0.3 is 15.2 Å². The Kier molecular flexibility index (Phi) is 7.15. The van der Waals surface area contributed by atoms with E-state index in [1.807, 2.05) is 0 Å². The summed E-state index contributed by atoms with van der Waals surface area (Å²) in [6.45, 7) is 1.44. The molecule has 6 nitrogen and oxygen atoms in total. The highest BCUT2D eigenvalue weighted by atomic mass is 19.4. The second-order valence-corrected chi connectivity index (χ2v) is 7.90. The summed E-state index contributed by atoms with van der Waals surface area (Å²) in [5.74, 6) is -4.36. The first-order chi connectivity index (χ1) is 14.5. The number of carboxylic acid groups (broad SMARTS) is 1. The van der Waals surface area contributed by atoms with Crippen LogP contribution in [0.1, 0.15) is 37.7 Å². The summed E-state index contributed by atoms with van der Waals surface area (Å²) >= 11 is 0. The smallest absolute Gasteiger partial charge is 0.475 e. The first-order valence-electron chi connectivity index (χ1n) is 9.98. The molecule has 1 saturated carbocycles. The van der Waals surface area contributed by atoms with E-state index in [-0.39, 0.29) is 24.2 Å². The maximum absolute atomic E-state index is 13.4. The number of nitrogens with one attached hydrogen (secondary N) is 1. The predicted molar refractivity (Wildman–Crippen MR) is 97.9 cm³/mol. The molecule has 3 fully saturated rings. The molecule has 2 aliphatic heterocycles. The Morgan fingerprint density at radius 2 is 1.77 bits per heavy atom. The molecule has 1 amide bonds. The molecule has 2 saturated heterocycles. The number of fused-ring (bicyclic) bond motifs is 1. The van der Waals surface area contributed by atoms with Crippen LogP contribution in [0.2, 0.25) is 0 Å². The van der Waals surface area contributed by atoms with Crippen LogP contribution < -0.4 is 5.32 Å². The van der Waals surface area contributed by atoms with Gasteiger partial charge in [-0.2, -0.15) is 13.2 Å². The van der Waals surface area contributed by atoms with E-state index in [0.717, 1.165) is 37.8 Å². The average molecular weight is 450 g/mol. The fourth-order valence-corrected chi connectivity index (χ4v) is 3.80. The summed E-state index contributed by atoms with van der Waals surface area (Å²) in [5, 5.41) is 10.1. The number of halogens is 5. The molecule has 1 aromatic rings. The molecule has 4 rings (SSSR count). The van der Waals surface area contributed by atoms with Crippen molar-refractivity contribution in [3.63, 3.8) is 0 Å². The monoisotopic (exact) mass is 450 g/mol. The van der Waals surface area contributed by atoms with Gasteiger partial charge in [0.15, 0.2) is 11.6 Å². The zero-order valence-electron chi connectivity index (χ0n) is 16.5. The topological polar surface area (TPSA) is 78.9 Å². The largest absolute Gasteiger partial charge is 0.490 e.